The van der Waals surface area contributed by atoms with Gasteiger partial charge in [-0.1, -0.05) is 89.9 Å². The summed E-state index contributed by atoms with van der Waals surface area (Å²) < 4.78 is 29.3. The first-order chi connectivity index (χ1) is 21.0. The Kier molecular flexibility index (Phi) is 11.1. The van der Waals surface area contributed by atoms with Crippen molar-refractivity contribution in [3.63, 3.8) is 0 Å². The molecule has 0 saturated heterocycles. The molecule has 0 aliphatic carbocycles. The van der Waals surface area contributed by atoms with Crippen LogP contribution < -0.4 is 9.62 Å². The quantitative estimate of drug-likeness (QED) is 0.186. The van der Waals surface area contributed by atoms with Gasteiger partial charge in [0.25, 0.3) is 10.0 Å². The minimum Gasteiger partial charge on any atom is -0.352 e. The van der Waals surface area contributed by atoms with E-state index in [1.54, 1.807) is 55.5 Å². The molecule has 0 aliphatic rings. The van der Waals surface area contributed by atoms with E-state index in [1.165, 1.54) is 23.1 Å². The fraction of sp³-hybridized carbons (Fsp3) is 0.235. The number of benzene rings is 4. The Hall–Kier alpha value is -3.85. The summed E-state index contributed by atoms with van der Waals surface area (Å²) in [5, 5.41) is 3.74. The van der Waals surface area contributed by atoms with Gasteiger partial charge in [0.1, 0.15) is 12.6 Å². The van der Waals surface area contributed by atoms with Gasteiger partial charge >= 0.3 is 0 Å². The van der Waals surface area contributed by atoms with Gasteiger partial charge in [-0.15, -0.1) is 0 Å². The van der Waals surface area contributed by atoms with Gasteiger partial charge in [0.15, 0.2) is 0 Å². The Morgan fingerprint density at radius 1 is 0.795 bits per heavy atom. The number of carbonyl (C=O) groups excluding carboxylic acids is 2. The zero-order chi connectivity index (χ0) is 31.9. The van der Waals surface area contributed by atoms with E-state index in [1.807, 2.05) is 50.2 Å². The number of sulfonamides is 1. The van der Waals surface area contributed by atoms with Crippen molar-refractivity contribution in [2.75, 3.05) is 10.8 Å². The molecule has 0 radical (unpaired) electrons. The zero-order valence-electron chi connectivity index (χ0n) is 24.8. The van der Waals surface area contributed by atoms with E-state index in [9.17, 15) is 18.0 Å². The summed E-state index contributed by atoms with van der Waals surface area (Å²) >= 11 is 12.6. The van der Waals surface area contributed by atoms with Crippen LogP contribution in [0.4, 0.5) is 5.69 Å². The van der Waals surface area contributed by atoms with Gasteiger partial charge in [-0.3, -0.25) is 13.9 Å². The second-order valence-electron chi connectivity index (χ2n) is 10.8. The van der Waals surface area contributed by atoms with E-state index in [0.717, 1.165) is 9.87 Å². The molecular weight excluding hydrogens is 617 g/mol. The van der Waals surface area contributed by atoms with Gasteiger partial charge in [0.2, 0.25) is 11.8 Å². The highest BCUT2D eigenvalue weighted by molar-refractivity contribution is 7.92. The Bertz CT molecular complexity index is 1700. The molecule has 4 rings (SSSR count). The van der Waals surface area contributed by atoms with Crippen LogP contribution in [0.15, 0.2) is 108 Å². The molecule has 4 aromatic rings. The van der Waals surface area contributed by atoms with E-state index in [0.29, 0.717) is 21.2 Å². The minimum atomic E-state index is -4.22. The number of aryl methyl sites for hydroxylation is 1. The van der Waals surface area contributed by atoms with Gasteiger partial charge < -0.3 is 10.2 Å². The highest BCUT2D eigenvalue weighted by atomic mass is 35.5. The monoisotopic (exact) mass is 651 g/mol. The number of anilines is 1. The molecule has 10 heteroatoms. The molecule has 0 aliphatic heterocycles. The van der Waals surface area contributed by atoms with Gasteiger partial charge in [-0.05, 0) is 73.9 Å². The third-order valence-corrected chi connectivity index (χ3v) is 9.24. The van der Waals surface area contributed by atoms with Crippen LogP contribution in [-0.4, -0.2) is 43.8 Å². The smallest absolute Gasteiger partial charge is 0.264 e. The predicted octanol–water partition coefficient (Wildman–Crippen LogP) is 6.66. The molecule has 7 nitrogen and oxygen atoms in total. The number of amides is 2. The Morgan fingerprint density at radius 3 is 2.05 bits per heavy atom. The van der Waals surface area contributed by atoms with Crippen LogP contribution in [0.5, 0.6) is 0 Å². The summed E-state index contributed by atoms with van der Waals surface area (Å²) in [6.45, 7) is 4.89. The lowest BCUT2D eigenvalue weighted by molar-refractivity contribution is -0.140. The molecule has 1 N–H and O–H groups in total. The number of rotatable bonds is 12. The molecule has 230 valence electrons. The predicted molar refractivity (Wildman–Crippen MR) is 176 cm³/mol. The number of nitrogens with zero attached hydrogens (tertiary/aromatic N) is 2. The molecule has 0 fully saturated rings. The Morgan fingerprint density at radius 2 is 1.41 bits per heavy atom. The van der Waals surface area contributed by atoms with Crippen molar-refractivity contribution in [3.8, 4) is 0 Å². The van der Waals surface area contributed by atoms with Gasteiger partial charge in [0.05, 0.1) is 10.6 Å². The second kappa shape index (κ2) is 14.8. The standard InChI is InChI=1S/C34H35Cl2N3O4S/c1-24(2)37-34(41)32(20-26-11-6-4-7-12-26)38(22-27-13-10-14-28(35)19-27)33(40)23-39(31-21-29(36)18-17-25(31)3)44(42,43)30-15-8-5-9-16-30/h4-19,21,24,32H,20,22-23H2,1-3H3,(H,37,41). The van der Waals surface area contributed by atoms with Crippen molar-refractivity contribution >= 4 is 50.7 Å². The van der Waals surface area contributed by atoms with Crippen LogP contribution in [0.3, 0.4) is 0 Å². The van der Waals surface area contributed by atoms with E-state index in [2.05, 4.69) is 5.32 Å². The molecule has 0 spiro atoms. The molecule has 1 unspecified atom stereocenters. The normalized spacial score (nSPS) is 12.0. The Balaban J connectivity index is 1.83. The molecule has 2 amide bonds. The summed E-state index contributed by atoms with van der Waals surface area (Å²) in [4.78, 5) is 29.7. The fourth-order valence-corrected chi connectivity index (χ4v) is 6.72. The lowest BCUT2D eigenvalue weighted by Crippen LogP contribution is -2.54. The zero-order valence-corrected chi connectivity index (χ0v) is 27.1. The molecule has 1 atom stereocenters. The van der Waals surface area contributed by atoms with Crippen LogP contribution in [0, 0.1) is 6.92 Å². The maximum absolute atomic E-state index is 14.5. The second-order valence-corrected chi connectivity index (χ2v) is 13.5. The molecule has 0 heterocycles. The SMILES string of the molecule is Cc1ccc(Cl)cc1N(CC(=O)N(Cc1cccc(Cl)c1)C(Cc1ccccc1)C(=O)NC(C)C)S(=O)(=O)c1ccccc1. The summed E-state index contributed by atoms with van der Waals surface area (Å²) in [5.74, 6) is -0.917. The lowest BCUT2D eigenvalue weighted by atomic mass is 10.0. The number of hydrogen-bond acceptors (Lipinski definition) is 4. The largest absolute Gasteiger partial charge is 0.352 e. The first-order valence-electron chi connectivity index (χ1n) is 14.2. The number of hydrogen-bond donors (Lipinski definition) is 1. The van der Waals surface area contributed by atoms with Crippen molar-refractivity contribution in [2.24, 2.45) is 0 Å². The van der Waals surface area contributed by atoms with Crippen molar-refractivity contribution in [3.05, 3.63) is 130 Å². The number of halogens is 2. The third-order valence-electron chi connectivity index (χ3n) is 6.99. The van der Waals surface area contributed by atoms with Gasteiger partial charge in [-0.2, -0.15) is 0 Å². The minimum absolute atomic E-state index is 0.0203. The fourth-order valence-electron chi connectivity index (χ4n) is 4.85. The maximum Gasteiger partial charge on any atom is 0.264 e. The summed E-state index contributed by atoms with van der Waals surface area (Å²) in [6.07, 6.45) is 0.216. The summed E-state index contributed by atoms with van der Waals surface area (Å²) in [5.41, 5.74) is 2.42. The van der Waals surface area contributed by atoms with Crippen molar-refractivity contribution in [1.82, 2.24) is 10.2 Å². The highest BCUT2D eigenvalue weighted by Gasteiger charge is 2.35. The number of carbonyl (C=O) groups is 2. The number of nitrogens with one attached hydrogen (secondary N) is 1. The van der Waals surface area contributed by atoms with Crippen LogP contribution in [0.1, 0.15) is 30.5 Å². The van der Waals surface area contributed by atoms with Crippen LogP contribution in [0.2, 0.25) is 10.0 Å². The van der Waals surface area contributed by atoms with Crippen LogP contribution in [0.25, 0.3) is 0 Å². The van der Waals surface area contributed by atoms with Crippen LogP contribution in [-0.2, 0) is 32.6 Å². The van der Waals surface area contributed by atoms with Gasteiger partial charge in [0, 0.05) is 29.1 Å². The molecule has 44 heavy (non-hydrogen) atoms. The maximum atomic E-state index is 14.5. The molecule has 0 bridgehead atoms. The van der Waals surface area contributed by atoms with E-state index < -0.39 is 28.5 Å². The van der Waals surface area contributed by atoms with Crippen molar-refractivity contribution in [1.29, 1.82) is 0 Å². The molecular formula is C34H35Cl2N3O4S. The average molecular weight is 653 g/mol. The Labute approximate surface area is 269 Å². The van der Waals surface area contributed by atoms with E-state index in [-0.39, 0.29) is 35.5 Å². The van der Waals surface area contributed by atoms with Crippen molar-refractivity contribution < 1.29 is 18.0 Å². The first-order valence-corrected chi connectivity index (χ1v) is 16.4. The molecule has 0 aromatic heterocycles. The molecule has 4 aromatic carbocycles. The molecule has 0 saturated carbocycles. The van der Waals surface area contributed by atoms with Gasteiger partial charge in [-0.25, -0.2) is 8.42 Å². The third kappa shape index (κ3) is 8.40. The summed E-state index contributed by atoms with van der Waals surface area (Å²) in [7, 11) is -4.22. The van der Waals surface area contributed by atoms with Crippen molar-refractivity contribution in [2.45, 2.75) is 50.7 Å². The first kappa shape index (κ1) is 33.1. The average Bonchev–Trinajstić information content (AvgIpc) is 2.99. The van der Waals surface area contributed by atoms with Crippen LogP contribution >= 0.6 is 23.2 Å². The highest BCUT2D eigenvalue weighted by Crippen LogP contribution is 2.30. The van der Waals surface area contributed by atoms with E-state index in [4.69, 9.17) is 23.2 Å². The lowest BCUT2D eigenvalue weighted by Gasteiger charge is -2.34. The topological polar surface area (TPSA) is 86.8 Å². The summed E-state index contributed by atoms with van der Waals surface area (Å²) in [6, 6.07) is 28.1. The van der Waals surface area contributed by atoms with E-state index >= 15 is 0 Å².